The molecule has 0 aliphatic heterocycles. The number of hydrogen-bond acceptors (Lipinski definition) is 2. The van der Waals surface area contributed by atoms with Crippen molar-refractivity contribution in [2.45, 2.75) is 50.9 Å². The van der Waals surface area contributed by atoms with Crippen LogP contribution in [0.2, 0.25) is 0 Å². The van der Waals surface area contributed by atoms with Crippen molar-refractivity contribution in [2.24, 2.45) is 5.92 Å². The van der Waals surface area contributed by atoms with Crippen LogP contribution in [0, 0.1) is 5.92 Å². The third-order valence-corrected chi connectivity index (χ3v) is 13.9. The van der Waals surface area contributed by atoms with E-state index in [4.69, 9.17) is 9.97 Å². The summed E-state index contributed by atoms with van der Waals surface area (Å²) in [5, 5.41) is 5.90. The van der Waals surface area contributed by atoms with Crippen molar-refractivity contribution in [3.63, 3.8) is 0 Å². The lowest BCUT2D eigenvalue weighted by Crippen LogP contribution is -2.10. The number of aromatic nitrogens is 3. The maximum atomic E-state index is 5.50. The molecule has 0 saturated heterocycles. The van der Waals surface area contributed by atoms with Crippen molar-refractivity contribution in [1.29, 1.82) is 0 Å². The average molecular weight is 798 g/mol. The van der Waals surface area contributed by atoms with E-state index in [1.165, 1.54) is 105 Å². The van der Waals surface area contributed by atoms with Gasteiger partial charge < -0.3 is 0 Å². The van der Waals surface area contributed by atoms with Gasteiger partial charge >= 0.3 is 0 Å². The predicted octanol–water partition coefficient (Wildman–Crippen LogP) is 15.9. The zero-order valence-corrected chi connectivity index (χ0v) is 34.8. The zero-order chi connectivity index (χ0) is 41.0. The molecule has 2 aliphatic carbocycles. The van der Waals surface area contributed by atoms with Crippen LogP contribution in [-0.2, 0) is 0 Å². The van der Waals surface area contributed by atoms with Crippen molar-refractivity contribution >= 4 is 43.5 Å². The van der Waals surface area contributed by atoms with Crippen molar-refractivity contribution in [2.75, 3.05) is 0 Å². The molecule has 12 rings (SSSR count). The normalized spacial score (nSPS) is 15.4. The summed E-state index contributed by atoms with van der Waals surface area (Å²) in [5.41, 5.74) is 15.6. The SMILES string of the molecule is C1=C(CCC2CCC2)CCC1c1cc(-c2ccc3c4c5ccccc5c(-c5ccccc5)cc4n(-c4nc(-c5ccccc5)c5ccccc5n4)c3c2)ccc1-c1ccccc1. The third kappa shape index (κ3) is 6.43. The van der Waals surface area contributed by atoms with Gasteiger partial charge in [-0.05, 0) is 106 Å². The van der Waals surface area contributed by atoms with Gasteiger partial charge in [0.05, 0.1) is 22.2 Å². The molecule has 62 heavy (non-hydrogen) atoms. The average Bonchev–Trinajstić information content (AvgIpc) is 3.93. The summed E-state index contributed by atoms with van der Waals surface area (Å²) in [6.07, 6.45) is 11.9. The second-order valence-corrected chi connectivity index (χ2v) is 17.5. The third-order valence-electron chi connectivity index (χ3n) is 13.9. The molecule has 2 aromatic heterocycles. The molecule has 1 unspecified atom stereocenters. The Kier molecular flexibility index (Phi) is 9.13. The molecule has 0 spiro atoms. The van der Waals surface area contributed by atoms with Gasteiger partial charge in [0.15, 0.2) is 0 Å². The first-order valence-corrected chi connectivity index (χ1v) is 22.5. The second kappa shape index (κ2) is 15.4. The van der Waals surface area contributed by atoms with Crippen LogP contribution >= 0.6 is 0 Å². The number of allylic oxidation sites excluding steroid dienone is 2. The molecule has 1 atom stereocenters. The molecular weight excluding hydrogens is 751 g/mol. The lowest BCUT2D eigenvalue weighted by molar-refractivity contribution is 0.295. The Labute approximate surface area is 363 Å². The van der Waals surface area contributed by atoms with E-state index >= 15 is 0 Å². The molecule has 2 heterocycles. The van der Waals surface area contributed by atoms with Gasteiger partial charge in [-0.25, -0.2) is 9.97 Å². The molecule has 0 N–H and O–H groups in total. The van der Waals surface area contributed by atoms with E-state index in [-0.39, 0.29) is 0 Å². The van der Waals surface area contributed by atoms with Gasteiger partial charge in [0.25, 0.3) is 0 Å². The fourth-order valence-electron chi connectivity index (χ4n) is 10.5. The Morgan fingerprint density at radius 2 is 1.13 bits per heavy atom. The lowest BCUT2D eigenvalue weighted by atomic mass is 9.81. The largest absolute Gasteiger partial charge is 0.278 e. The first kappa shape index (κ1) is 36.7. The maximum Gasteiger partial charge on any atom is 0.235 e. The van der Waals surface area contributed by atoms with Crippen LogP contribution in [0.15, 0.2) is 194 Å². The Bertz CT molecular complexity index is 3320. The van der Waals surface area contributed by atoms with Crippen molar-refractivity contribution in [1.82, 2.24) is 14.5 Å². The minimum Gasteiger partial charge on any atom is -0.278 e. The van der Waals surface area contributed by atoms with Crippen LogP contribution in [0.5, 0.6) is 0 Å². The van der Waals surface area contributed by atoms with Crippen molar-refractivity contribution < 1.29 is 0 Å². The maximum absolute atomic E-state index is 5.50. The van der Waals surface area contributed by atoms with Gasteiger partial charge in [-0.3, -0.25) is 4.57 Å². The van der Waals surface area contributed by atoms with Crippen molar-refractivity contribution in [3.05, 3.63) is 199 Å². The molecule has 2 aliphatic rings. The quantitative estimate of drug-likeness (QED) is 0.136. The highest BCUT2D eigenvalue weighted by Crippen LogP contribution is 2.45. The van der Waals surface area contributed by atoms with Crippen LogP contribution < -0.4 is 0 Å². The molecule has 0 radical (unpaired) electrons. The summed E-state index contributed by atoms with van der Waals surface area (Å²) in [6.45, 7) is 0. The number of hydrogen-bond donors (Lipinski definition) is 0. The van der Waals surface area contributed by atoms with Crippen LogP contribution in [-0.4, -0.2) is 14.5 Å². The minimum absolute atomic E-state index is 0.405. The smallest absolute Gasteiger partial charge is 0.235 e. The molecule has 0 amide bonds. The number of benzene rings is 8. The molecule has 3 heteroatoms. The Balaban J connectivity index is 1.09. The van der Waals surface area contributed by atoms with E-state index in [1.807, 2.05) is 0 Å². The van der Waals surface area contributed by atoms with E-state index in [0.29, 0.717) is 11.9 Å². The Morgan fingerprint density at radius 3 is 1.87 bits per heavy atom. The summed E-state index contributed by atoms with van der Waals surface area (Å²) >= 11 is 0. The fourth-order valence-corrected chi connectivity index (χ4v) is 10.5. The summed E-state index contributed by atoms with van der Waals surface area (Å²) in [6, 6.07) is 66.2. The van der Waals surface area contributed by atoms with E-state index in [2.05, 4.69) is 193 Å². The molecule has 10 aromatic rings. The molecule has 298 valence electrons. The number of para-hydroxylation sites is 1. The van der Waals surface area contributed by atoms with Gasteiger partial charge in [-0.2, -0.15) is 0 Å². The summed E-state index contributed by atoms with van der Waals surface area (Å²) in [7, 11) is 0. The van der Waals surface area contributed by atoms with Gasteiger partial charge in [0.1, 0.15) is 0 Å². The van der Waals surface area contributed by atoms with Crippen LogP contribution in [0.25, 0.3) is 94.1 Å². The van der Waals surface area contributed by atoms with E-state index in [0.717, 1.165) is 39.1 Å². The Morgan fingerprint density at radius 1 is 0.484 bits per heavy atom. The van der Waals surface area contributed by atoms with Crippen LogP contribution in [0.1, 0.15) is 56.4 Å². The molecule has 1 saturated carbocycles. The zero-order valence-electron chi connectivity index (χ0n) is 34.8. The van der Waals surface area contributed by atoms with Crippen LogP contribution in [0.4, 0.5) is 0 Å². The summed E-state index contributed by atoms with van der Waals surface area (Å²) < 4.78 is 2.33. The Hall–Kier alpha value is -7.10. The van der Waals surface area contributed by atoms with Crippen LogP contribution in [0.3, 0.4) is 0 Å². The highest BCUT2D eigenvalue weighted by Gasteiger charge is 2.25. The molecular formula is C59H47N3. The van der Waals surface area contributed by atoms with Gasteiger partial charge in [0, 0.05) is 27.6 Å². The van der Waals surface area contributed by atoms with Gasteiger partial charge in [-0.15, -0.1) is 0 Å². The molecule has 3 nitrogen and oxygen atoms in total. The lowest BCUT2D eigenvalue weighted by Gasteiger charge is -2.25. The minimum atomic E-state index is 0.405. The first-order valence-electron chi connectivity index (χ1n) is 22.5. The summed E-state index contributed by atoms with van der Waals surface area (Å²) in [4.78, 5) is 10.9. The standard InChI is InChI=1S/C59H47N3/c1-4-17-41(18-5-1)47-33-31-44(36-52(47)46-30-29-40(35-46)28-27-39-15-14-16-39)45-32-34-51-55(37-45)62(59-60-54-26-13-12-25-50(54)58(61-59)43-21-8-3-9-22-43)56-38-53(42-19-6-2-7-20-42)48-23-10-11-24-49(48)57(51)56/h1-13,17-26,31-39,46H,14-16,27-30H2. The number of rotatable bonds is 9. The molecule has 1 fully saturated rings. The highest BCUT2D eigenvalue weighted by molar-refractivity contribution is 6.24. The van der Waals surface area contributed by atoms with Gasteiger partial charge in [-0.1, -0.05) is 189 Å². The number of nitrogens with zero attached hydrogens (tertiary/aromatic N) is 3. The molecule has 8 aromatic carbocycles. The van der Waals surface area contributed by atoms with E-state index in [1.54, 1.807) is 5.57 Å². The monoisotopic (exact) mass is 797 g/mol. The van der Waals surface area contributed by atoms with E-state index < -0.39 is 0 Å². The van der Waals surface area contributed by atoms with Crippen molar-refractivity contribution in [3.8, 4) is 50.6 Å². The fraction of sp³-hybridized carbons (Fsp3) is 0.153. The topological polar surface area (TPSA) is 30.7 Å². The predicted molar refractivity (Wildman–Crippen MR) is 260 cm³/mol. The second-order valence-electron chi connectivity index (χ2n) is 17.5. The molecule has 0 bridgehead atoms. The first-order chi connectivity index (χ1) is 30.7. The van der Waals surface area contributed by atoms with Gasteiger partial charge in [0.2, 0.25) is 5.95 Å². The number of fused-ring (bicyclic) bond motifs is 6. The van der Waals surface area contributed by atoms with E-state index in [9.17, 15) is 0 Å². The highest BCUT2D eigenvalue weighted by atomic mass is 15.2. The summed E-state index contributed by atoms with van der Waals surface area (Å²) in [5.74, 6) is 2.01.